The Labute approximate surface area is 210 Å². The number of likely N-dealkylation sites (tertiary alicyclic amines) is 1. The Morgan fingerprint density at radius 2 is 1.69 bits per heavy atom. The summed E-state index contributed by atoms with van der Waals surface area (Å²) in [6, 6.07) is 16.3. The maximum Gasteiger partial charge on any atom is 0.521 e. The number of carbonyl (C=O) groups excluding carboxylic acids is 1. The minimum absolute atomic E-state index is 0.0266. The SMILES string of the molecule is O=C(O)[C@@H]1CCN1C(=O)N(C1CC1)[C@@]12CCC[C@@H]1Cc1ccccc1[N@+]2(Cc1ccccc1)C(=O)O. The summed E-state index contributed by atoms with van der Waals surface area (Å²) >= 11 is 0. The largest absolute Gasteiger partial charge is 0.521 e. The first-order valence-corrected chi connectivity index (χ1v) is 13.0. The van der Waals surface area contributed by atoms with Gasteiger partial charge in [-0.05, 0) is 38.5 Å². The average molecular weight is 491 g/mol. The van der Waals surface area contributed by atoms with Crippen LogP contribution < -0.4 is 4.48 Å². The molecule has 2 N–H and O–H groups in total. The molecule has 2 heterocycles. The molecule has 1 saturated heterocycles. The molecule has 2 aliphatic heterocycles. The van der Waals surface area contributed by atoms with Crippen molar-refractivity contribution in [2.24, 2.45) is 5.92 Å². The van der Waals surface area contributed by atoms with E-state index in [1.807, 2.05) is 59.5 Å². The molecule has 0 bridgehead atoms. The van der Waals surface area contributed by atoms with E-state index in [1.54, 1.807) is 0 Å². The smallest absolute Gasteiger partial charge is 0.480 e. The molecule has 2 aromatic rings. The molecule has 36 heavy (non-hydrogen) atoms. The number of hydrogen-bond acceptors (Lipinski definition) is 3. The summed E-state index contributed by atoms with van der Waals surface area (Å²) in [7, 11) is 0. The van der Waals surface area contributed by atoms with Crippen molar-refractivity contribution in [3.05, 3.63) is 65.7 Å². The number of rotatable bonds is 5. The van der Waals surface area contributed by atoms with Crippen LogP contribution in [0.25, 0.3) is 0 Å². The minimum atomic E-state index is -0.997. The van der Waals surface area contributed by atoms with Gasteiger partial charge >= 0.3 is 18.1 Å². The quantitative estimate of drug-likeness (QED) is 0.594. The second-order valence-corrected chi connectivity index (χ2v) is 10.8. The van der Waals surface area contributed by atoms with Gasteiger partial charge in [0.15, 0.2) is 5.66 Å². The fourth-order valence-corrected chi connectivity index (χ4v) is 7.24. The zero-order valence-corrected chi connectivity index (χ0v) is 20.3. The van der Waals surface area contributed by atoms with Crippen molar-refractivity contribution in [1.82, 2.24) is 14.3 Å². The molecule has 0 unspecified atom stereocenters. The summed E-state index contributed by atoms with van der Waals surface area (Å²) in [6.07, 6.45) is 4.08. The lowest BCUT2D eigenvalue weighted by molar-refractivity contribution is -0.147. The number of benzene rings is 2. The first-order chi connectivity index (χ1) is 17.4. The van der Waals surface area contributed by atoms with Gasteiger partial charge < -0.3 is 15.1 Å². The van der Waals surface area contributed by atoms with Gasteiger partial charge in [0.25, 0.3) is 0 Å². The number of carbonyl (C=O) groups is 3. The number of para-hydroxylation sites is 1. The summed E-state index contributed by atoms with van der Waals surface area (Å²) in [5.41, 5.74) is 1.68. The van der Waals surface area contributed by atoms with Crippen molar-refractivity contribution in [3.63, 3.8) is 0 Å². The molecule has 4 aliphatic rings. The lowest BCUT2D eigenvalue weighted by Gasteiger charge is -2.58. The molecule has 4 atom stereocenters. The number of carboxylic acid groups (broad SMARTS) is 2. The first-order valence-electron chi connectivity index (χ1n) is 13.0. The van der Waals surface area contributed by atoms with E-state index in [0.717, 1.165) is 48.9 Å². The van der Waals surface area contributed by atoms with Crippen LogP contribution in [0.1, 0.15) is 49.7 Å². The Kier molecular flexibility index (Phi) is 5.33. The van der Waals surface area contributed by atoms with Crippen molar-refractivity contribution in [1.29, 1.82) is 0 Å². The third-order valence-electron chi connectivity index (χ3n) is 8.96. The van der Waals surface area contributed by atoms with Crippen molar-refractivity contribution in [3.8, 4) is 0 Å². The van der Waals surface area contributed by atoms with Crippen molar-refractivity contribution >= 4 is 23.8 Å². The van der Waals surface area contributed by atoms with E-state index in [4.69, 9.17) is 0 Å². The molecule has 0 aromatic heterocycles. The second-order valence-electron chi connectivity index (χ2n) is 10.8. The highest BCUT2D eigenvalue weighted by atomic mass is 16.4. The zero-order valence-electron chi connectivity index (χ0n) is 20.3. The average Bonchev–Trinajstić information content (AvgIpc) is 3.56. The number of hydrogen-bond donors (Lipinski definition) is 2. The van der Waals surface area contributed by atoms with Crippen LogP contribution in [-0.4, -0.2) is 62.4 Å². The molecule has 2 saturated carbocycles. The number of fused-ring (bicyclic) bond motifs is 2. The van der Waals surface area contributed by atoms with Gasteiger partial charge in [0, 0.05) is 42.1 Å². The van der Waals surface area contributed by atoms with Crippen LogP contribution >= 0.6 is 0 Å². The molecule has 8 heteroatoms. The number of quaternary nitrogens is 1. The highest BCUT2D eigenvalue weighted by Gasteiger charge is 2.72. The van der Waals surface area contributed by atoms with Gasteiger partial charge in [-0.25, -0.2) is 9.59 Å². The van der Waals surface area contributed by atoms with E-state index in [1.165, 1.54) is 4.90 Å². The normalized spacial score (nSPS) is 30.6. The van der Waals surface area contributed by atoms with E-state index in [0.29, 0.717) is 19.4 Å². The van der Waals surface area contributed by atoms with Gasteiger partial charge in [-0.1, -0.05) is 48.5 Å². The molecule has 188 valence electrons. The Balaban J connectivity index is 1.58. The third-order valence-corrected chi connectivity index (χ3v) is 8.96. The van der Waals surface area contributed by atoms with E-state index < -0.39 is 23.8 Å². The monoisotopic (exact) mass is 490 g/mol. The van der Waals surface area contributed by atoms with Crippen LogP contribution in [0.15, 0.2) is 54.6 Å². The van der Waals surface area contributed by atoms with Crippen LogP contribution in [0.4, 0.5) is 15.3 Å². The molecular formula is C28H32N3O5+. The van der Waals surface area contributed by atoms with Crippen LogP contribution in [-0.2, 0) is 17.8 Å². The fraction of sp³-hybridized carbons (Fsp3) is 0.464. The standard InChI is InChI=1S/C28H31N3O5/c32-25(33)23-14-16-29(23)26(34)30(22-12-13-22)28-15-6-10-21(28)17-20-9-4-5-11-24(20)31(28,27(35)36)18-19-7-2-1-3-8-19/h1-5,7-9,11,21-23H,6,10,12-18H2,(H-,32,33,35,36)/p+1/t21-,23+,28-,31-/m1/s1. The minimum Gasteiger partial charge on any atom is -0.480 e. The van der Waals surface area contributed by atoms with Crippen molar-refractivity contribution < 1.29 is 24.6 Å². The van der Waals surface area contributed by atoms with Gasteiger partial charge in [0.05, 0.1) is 0 Å². The number of amides is 3. The highest BCUT2D eigenvalue weighted by molar-refractivity contribution is 5.89. The summed E-state index contributed by atoms with van der Waals surface area (Å²) in [5, 5.41) is 20.9. The van der Waals surface area contributed by atoms with E-state index >= 15 is 0 Å². The van der Waals surface area contributed by atoms with Crippen molar-refractivity contribution in [2.75, 3.05) is 6.54 Å². The van der Waals surface area contributed by atoms with Gasteiger partial charge in [-0.3, -0.25) is 4.90 Å². The van der Waals surface area contributed by atoms with Gasteiger partial charge in [-0.2, -0.15) is 9.28 Å². The van der Waals surface area contributed by atoms with Gasteiger partial charge in [0.2, 0.25) is 0 Å². The molecule has 6 rings (SSSR count). The Morgan fingerprint density at radius 1 is 0.972 bits per heavy atom. The number of nitrogens with zero attached hydrogens (tertiary/aromatic N) is 3. The Bertz CT molecular complexity index is 1210. The van der Waals surface area contributed by atoms with Crippen LogP contribution in [0, 0.1) is 5.92 Å². The molecule has 0 radical (unpaired) electrons. The maximum atomic E-state index is 14.2. The predicted octanol–water partition coefficient (Wildman–Crippen LogP) is 4.67. The fourth-order valence-electron chi connectivity index (χ4n) is 7.24. The molecule has 0 spiro atoms. The van der Waals surface area contributed by atoms with E-state index in [9.17, 15) is 24.6 Å². The topological polar surface area (TPSA) is 98.2 Å². The summed E-state index contributed by atoms with van der Waals surface area (Å²) in [6.45, 7) is 0.616. The molecule has 3 amide bonds. The van der Waals surface area contributed by atoms with Crippen LogP contribution in [0.5, 0.6) is 0 Å². The summed E-state index contributed by atoms with van der Waals surface area (Å²) in [4.78, 5) is 43.1. The van der Waals surface area contributed by atoms with E-state index in [2.05, 4.69) is 0 Å². The molecule has 3 fully saturated rings. The van der Waals surface area contributed by atoms with E-state index in [-0.39, 0.29) is 29.0 Å². The first kappa shape index (κ1) is 23.0. The van der Waals surface area contributed by atoms with Crippen LogP contribution in [0.2, 0.25) is 0 Å². The van der Waals surface area contributed by atoms with Gasteiger partial charge in [-0.15, -0.1) is 0 Å². The molecule has 2 aliphatic carbocycles. The lowest BCUT2D eigenvalue weighted by Crippen LogP contribution is -2.80. The van der Waals surface area contributed by atoms with Gasteiger partial charge in [0.1, 0.15) is 18.3 Å². The second kappa shape index (κ2) is 8.34. The Morgan fingerprint density at radius 3 is 2.33 bits per heavy atom. The highest BCUT2D eigenvalue weighted by Crippen LogP contribution is 2.58. The zero-order chi connectivity index (χ0) is 25.1. The number of carboxylic acids is 1. The maximum absolute atomic E-state index is 14.2. The number of urea groups is 1. The number of aliphatic carboxylic acids is 1. The predicted molar refractivity (Wildman–Crippen MR) is 133 cm³/mol. The van der Waals surface area contributed by atoms with Crippen LogP contribution in [0.3, 0.4) is 0 Å². The molecule has 2 aromatic carbocycles. The Hall–Kier alpha value is -3.39. The summed E-state index contributed by atoms with van der Waals surface area (Å²) < 4.78 is -0.355. The van der Waals surface area contributed by atoms with Crippen molar-refractivity contribution in [2.45, 2.75) is 69.2 Å². The molecule has 8 nitrogen and oxygen atoms in total. The molecular weight excluding hydrogens is 458 g/mol. The lowest BCUT2D eigenvalue weighted by atomic mass is 9.78. The third kappa shape index (κ3) is 3.13. The summed E-state index contributed by atoms with van der Waals surface area (Å²) in [5.74, 6) is -1.02.